The van der Waals surface area contributed by atoms with Crippen LogP contribution in [0.4, 0.5) is 4.79 Å². The molecular weight excluding hydrogens is 256 g/mol. The molecule has 0 atom stereocenters. The molecule has 1 aromatic rings. The molecule has 0 aliphatic carbocycles. The lowest BCUT2D eigenvalue weighted by molar-refractivity contribution is 0.106. The smallest absolute Gasteiger partial charge is 0.317 e. The topological polar surface area (TPSA) is 57.7 Å². The summed E-state index contributed by atoms with van der Waals surface area (Å²) in [6.07, 6.45) is 3.49. The van der Waals surface area contributed by atoms with Crippen LogP contribution < -0.4 is 5.32 Å². The third-order valence-electron chi connectivity index (χ3n) is 3.44. The maximum Gasteiger partial charge on any atom is 0.317 e. The minimum Gasteiger partial charge on any atom is -0.383 e. The zero-order valence-electron chi connectivity index (χ0n) is 11.9. The fourth-order valence-electron chi connectivity index (χ4n) is 2.19. The highest BCUT2D eigenvalue weighted by molar-refractivity contribution is 5.74. The van der Waals surface area contributed by atoms with Gasteiger partial charge in [0, 0.05) is 58.8 Å². The second-order valence-corrected chi connectivity index (χ2v) is 4.84. The molecular formula is C14H22N4O2. The van der Waals surface area contributed by atoms with Gasteiger partial charge in [0.05, 0.1) is 6.61 Å². The Hall–Kier alpha value is -1.66. The first-order valence-corrected chi connectivity index (χ1v) is 6.92. The Labute approximate surface area is 119 Å². The van der Waals surface area contributed by atoms with E-state index in [1.165, 1.54) is 0 Å². The van der Waals surface area contributed by atoms with Crippen molar-refractivity contribution in [2.24, 2.45) is 0 Å². The van der Waals surface area contributed by atoms with E-state index in [-0.39, 0.29) is 6.03 Å². The molecule has 1 aliphatic rings. The van der Waals surface area contributed by atoms with Gasteiger partial charge in [-0.1, -0.05) is 6.07 Å². The number of pyridine rings is 1. The zero-order chi connectivity index (χ0) is 14.2. The van der Waals surface area contributed by atoms with Gasteiger partial charge in [-0.3, -0.25) is 9.88 Å². The van der Waals surface area contributed by atoms with E-state index in [1.807, 2.05) is 17.0 Å². The molecule has 1 N–H and O–H groups in total. The molecule has 6 nitrogen and oxygen atoms in total. The number of hydrogen-bond acceptors (Lipinski definition) is 4. The van der Waals surface area contributed by atoms with E-state index < -0.39 is 0 Å². The minimum absolute atomic E-state index is 0.000226. The number of ether oxygens (including phenoxy) is 1. The predicted octanol–water partition coefficient (Wildman–Crippen LogP) is 0.555. The predicted molar refractivity (Wildman–Crippen MR) is 76.4 cm³/mol. The number of hydrogen-bond donors (Lipinski definition) is 1. The highest BCUT2D eigenvalue weighted by Gasteiger charge is 2.20. The molecule has 1 fully saturated rings. The van der Waals surface area contributed by atoms with Gasteiger partial charge in [-0.15, -0.1) is 0 Å². The average molecular weight is 278 g/mol. The van der Waals surface area contributed by atoms with Crippen molar-refractivity contribution in [3.8, 4) is 0 Å². The first kappa shape index (κ1) is 14.7. The monoisotopic (exact) mass is 278 g/mol. The summed E-state index contributed by atoms with van der Waals surface area (Å²) in [5.41, 5.74) is 1.01. The molecule has 0 bridgehead atoms. The van der Waals surface area contributed by atoms with Crippen LogP contribution in [-0.2, 0) is 11.3 Å². The summed E-state index contributed by atoms with van der Waals surface area (Å²) in [6.45, 7) is 5.55. The van der Waals surface area contributed by atoms with Crippen LogP contribution in [0.2, 0.25) is 0 Å². The number of methoxy groups -OCH3 is 1. The number of carbonyl (C=O) groups is 1. The van der Waals surface area contributed by atoms with Crippen LogP contribution in [0, 0.1) is 0 Å². The van der Waals surface area contributed by atoms with E-state index >= 15 is 0 Å². The van der Waals surface area contributed by atoms with Crippen molar-refractivity contribution in [2.75, 3.05) is 46.4 Å². The highest BCUT2D eigenvalue weighted by Crippen LogP contribution is 2.02. The van der Waals surface area contributed by atoms with Crippen molar-refractivity contribution in [3.63, 3.8) is 0 Å². The summed E-state index contributed by atoms with van der Waals surface area (Å²) in [5, 5.41) is 2.93. The van der Waals surface area contributed by atoms with E-state index in [9.17, 15) is 4.79 Å². The average Bonchev–Trinajstić information content (AvgIpc) is 2.52. The summed E-state index contributed by atoms with van der Waals surface area (Å²) < 4.78 is 5.07. The molecule has 2 amide bonds. The second kappa shape index (κ2) is 7.81. The second-order valence-electron chi connectivity index (χ2n) is 4.84. The number of carbonyl (C=O) groups excluding carboxylic acids is 1. The molecule has 0 radical (unpaired) electrons. The Kier molecular flexibility index (Phi) is 5.76. The molecule has 20 heavy (non-hydrogen) atoms. The highest BCUT2D eigenvalue weighted by atomic mass is 16.5. The van der Waals surface area contributed by atoms with E-state index in [4.69, 9.17) is 4.74 Å². The number of piperazine rings is 1. The van der Waals surface area contributed by atoms with Crippen LogP contribution in [0.5, 0.6) is 0 Å². The van der Waals surface area contributed by atoms with Crippen molar-refractivity contribution >= 4 is 6.03 Å². The molecule has 6 heteroatoms. The van der Waals surface area contributed by atoms with Crippen LogP contribution in [0.3, 0.4) is 0 Å². The lowest BCUT2D eigenvalue weighted by Gasteiger charge is -2.34. The SMILES string of the molecule is COCCN1CCN(C(=O)NCc2cccnc2)CC1. The third-order valence-corrected chi connectivity index (χ3v) is 3.44. The summed E-state index contributed by atoms with van der Waals surface area (Å²) in [7, 11) is 1.71. The first-order valence-electron chi connectivity index (χ1n) is 6.92. The van der Waals surface area contributed by atoms with Crippen LogP contribution >= 0.6 is 0 Å². The standard InChI is InChI=1S/C14H22N4O2/c1-20-10-9-17-5-7-18(8-6-17)14(19)16-12-13-3-2-4-15-11-13/h2-4,11H,5-10,12H2,1H3,(H,16,19). The maximum absolute atomic E-state index is 12.0. The van der Waals surface area contributed by atoms with Gasteiger partial charge < -0.3 is 15.0 Å². The van der Waals surface area contributed by atoms with Crippen molar-refractivity contribution in [3.05, 3.63) is 30.1 Å². The molecule has 2 rings (SSSR count). The Morgan fingerprint density at radius 3 is 2.85 bits per heavy atom. The number of nitrogens with one attached hydrogen (secondary N) is 1. The molecule has 0 saturated carbocycles. The van der Waals surface area contributed by atoms with Crippen LogP contribution in [0.15, 0.2) is 24.5 Å². The minimum atomic E-state index is 0.000226. The van der Waals surface area contributed by atoms with Crippen LogP contribution in [0.25, 0.3) is 0 Å². The van der Waals surface area contributed by atoms with Crippen molar-refractivity contribution < 1.29 is 9.53 Å². The molecule has 0 aromatic carbocycles. The van der Waals surface area contributed by atoms with Gasteiger partial charge in [0.25, 0.3) is 0 Å². The first-order chi connectivity index (χ1) is 9.79. The number of urea groups is 1. The number of aromatic nitrogens is 1. The van der Waals surface area contributed by atoms with Crippen LogP contribution in [0.1, 0.15) is 5.56 Å². The van der Waals surface area contributed by atoms with E-state index in [2.05, 4.69) is 15.2 Å². The lowest BCUT2D eigenvalue weighted by Crippen LogP contribution is -2.52. The summed E-state index contributed by atoms with van der Waals surface area (Å²) in [6, 6.07) is 3.83. The van der Waals surface area contributed by atoms with Gasteiger partial charge in [-0.25, -0.2) is 4.79 Å². The van der Waals surface area contributed by atoms with E-state index in [1.54, 1.807) is 19.5 Å². The van der Waals surface area contributed by atoms with Crippen molar-refractivity contribution in [1.29, 1.82) is 0 Å². The fraction of sp³-hybridized carbons (Fsp3) is 0.571. The molecule has 0 unspecified atom stereocenters. The molecule has 1 saturated heterocycles. The number of rotatable bonds is 5. The fourth-order valence-corrected chi connectivity index (χ4v) is 2.19. The van der Waals surface area contributed by atoms with Crippen molar-refractivity contribution in [1.82, 2.24) is 20.1 Å². The summed E-state index contributed by atoms with van der Waals surface area (Å²) in [4.78, 5) is 20.2. The summed E-state index contributed by atoms with van der Waals surface area (Å²) >= 11 is 0. The van der Waals surface area contributed by atoms with Gasteiger partial charge >= 0.3 is 6.03 Å². The van der Waals surface area contributed by atoms with Gasteiger partial charge in [0.2, 0.25) is 0 Å². The Bertz CT molecular complexity index is 405. The summed E-state index contributed by atoms with van der Waals surface area (Å²) in [5.74, 6) is 0. The van der Waals surface area contributed by atoms with E-state index in [0.29, 0.717) is 6.54 Å². The molecule has 1 aliphatic heterocycles. The zero-order valence-corrected chi connectivity index (χ0v) is 11.9. The molecule has 0 spiro atoms. The largest absolute Gasteiger partial charge is 0.383 e. The Morgan fingerprint density at radius 1 is 1.40 bits per heavy atom. The molecule has 1 aromatic heterocycles. The molecule has 2 heterocycles. The Morgan fingerprint density at radius 2 is 2.20 bits per heavy atom. The quantitative estimate of drug-likeness (QED) is 0.855. The van der Waals surface area contributed by atoms with Crippen molar-refractivity contribution in [2.45, 2.75) is 6.54 Å². The van der Waals surface area contributed by atoms with E-state index in [0.717, 1.165) is 44.9 Å². The van der Waals surface area contributed by atoms with Gasteiger partial charge in [-0.05, 0) is 11.6 Å². The maximum atomic E-state index is 12.0. The normalized spacial score (nSPS) is 16.1. The lowest BCUT2D eigenvalue weighted by atomic mass is 10.3. The third kappa shape index (κ3) is 4.47. The van der Waals surface area contributed by atoms with Gasteiger partial charge in [0.15, 0.2) is 0 Å². The number of amides is 2. The van der Waals surface area contributed by atoms with Crippen LogP contribution in [-0.4, -0.2) is 67.3 Å². The Balaban J connectivity index is 1.69. The van der Waals surface area contributed by atoms with Gasteiger partial charge in [0.1, 0.15) is 0 Å². The number of nitrogens with zero attached hydrogens (tertiary/aromatic N) is 3. The molecule has 110 valence electrons. The van der Waals surface area contributed by atoms with Gasteiger partial charge in [-0.2, -0.15) is 0 Å².